The van der Waals surface area contributed by atoms with Gasteiger partial charge in [-0.25, -0.2) is 4.79 Å². The lowest BCUT2D eigenvalue weighted by Gasteiger charge is -2.40. The first kappa shape index (κ1) is 78.9. The van der Waals surface area contributed by atoms with Crippen molar-refractivity contribution < 1.29 is 62.6 Å². The number of nitrogens with one attached hydrogen (secondary N) is 4. The van der Waals surface area contributed by atoms with Gasteiger partial charge in [-0.1, -0.05) is 123 Å². The summed E-state index contributed by atoms with van der Waals surface area (Å²) in [6.45, 7) is 31.3. The van der Waals surface area contributed by atoms with E-state index in [9.17, 15) is 53.1 Å². The number of carbonyl (C=O) groups excluding carboxylic acids is 11. The van der Waals surface area contributed by atoms with E-state index in [1.54, 1.807) is 60.6 Å². The van der Waals surface area contributed by atoms with E-state index >= 15 is 4.79 Å². The number of aliphatic hydroxyl groups is 1. The molecule has 498 valence electrons. The molecule has 1 aliphatic rings. The molecular weight excluding hydrogens is 1120 g/mol. The Bertz CT molecular complexity index is 2360. The van der Waals surface area contributed by atoms with E-state index in [-0.39, 0.29) is 68.1 Å². The maximum atomic E-state index is 15.1. The summed E-state index contributed by atoms with van der Waals surface area (Å²) in [4.78, 5) is 168. The average molecular weight is 1230 g/mol. The van der Waals surface area contributed by atoms with Gasteiger partial charge in [-0.15, -0.1) is 0 Å². The molecule has 0 bridgehead atoms. The first-order valence-corrected chi connectivity index (χ1v) is 31.5. The van der Waals surface area contributed by atoms with Crippen LogP contribution in [0.25, 0.3) is 0 Å². The molecule has 5 N–H and O–H groups in total. The Hall–Kier alpha value is -6.13. The fourth-order valence-electron chi connectivity index (χ4n) is 10.8. The fourth-order valence-corrected chi connectivity index (χ4v) is 10.8. The Labute approximate surface area is 520 Å². The summed E-state index contributed by atoms with van der Waals surface area (Å²) >= 11 is 0. The zero-order valence-electron chi connectivity index (χ0n) is 57.3. The fraction of sp³-hybridized carbons (Fsp3) is 0.797. The molecule has 23 nitrogen and oxygen atoms in total. The second-order valence-electron chi connectivity index (χ2n) is 27.0. The highest BCUT2D eigenvalue weighted by molar-refractivity contribution is 5.99. The van der Waals surface area contributed by atoms with E-state index < -0.39 is 156 Å². The monoisotopic (exact) mass is 1230 g/mol. The maximum Gasteiger partial charge on any atom is 0.329 e. The second-order valence-corrected chi connectivity index (χ2v) is 27.0. The number of likely N-dealkylation sites (N-methyl/N-ethyl adjacent to an activating group) is 6. The topological polar surface area (TPSA) is 285 Å². The van der Waals surface area contributed by atoms with E-state index in [0.29, 0.717) is 6.42 Å². The Morgan fingerprint density at radius 1 is 0.483 bits per heavy atom. The van der Waals surface area contributed by atoms with Gasteiger partial charge in [0.15, 0.2) is 6.10 Å². The highest BCUT2D eigenvalue weighted by Crippen LogP contribution is 2.25. The van der Waals surface area contributed by atoms with E-state index in [1.165, 1.54) is 68.8 Å². The smallest absolute Gasteiger partial charge is 0.329 e. The molecule has 0 radical (unpaired) electrons. The number of aliphatic hydroxyl groups excluding tert-OH is 1. The Morgan fingerprint density at radius 3 is 1.28 bits per heavy atom. The molecule has 10 amide bonds. The van der Waals surface area contributed by atoms with Gasteiger partial charge in [-0.3, -0.25) is 47.9 Å². The third-order valence-electron chi connectivity index (χ3n) is 16.0. The molecule has 1 saturated heterocycles. The van der Waals surface area contributed by atoms with E-state index in [1.807, 2.05) is 69.2 Å². The van der Waals surface area contributed by atoms with E-state index in [4.69, 9.17) is 4.74 Å². The lowest BCUT2D eigenvalue weighted by Crippen LogP contribution is -2.63. The lowest BCUT2D eigenvalue weighted by atomic mass is 9.91. The molecule has 23 heteroatoms. The number of carbonyl (C=O) groups is 11. The van der Waals surface area contributed by atoms with Gasteiger partial charge in [0, 0.05) is 42.3 Å². The summed E-state index contributed by atoms with van der Waals surface area (Å²) in [5.74, 6) is -10.6. The minimum Gasteiger partial charge on any atom is -0.450 e. The minimum atomic E-state index is -1.62. The van der Waals surface area contributed by atoms with Gasteiger partial charge in [0.25, 0.3) is 5.91 Å². The molecule has 0 spiro atoms. The van der Waals surface area contributed by atoms with Crippen molar-refractivity contribution in [2.24, 2.45) is 47.3 Å². The number of rotatable bonds is 17. The molecule has 0 unspecified atom stereocenters. The first-order valence-electron chi connectivity index (χ1n) is 31.5. The molecule has 0 aromatic heterocycles. The number of nitrogens with zero attached hydrogens (tertiary/aromatic N) is 6. The molecule has 1 rings (SSSR count). The van der Waals surface area contributed by atoms with Crippen LogP contribution in [0.5, 0.6) is 0 Å². The Balaban J connectivity index is 4.37. The molecule has 87 heavy (non-hydrogen) atoms. The predicted molar refractivity (Wildman–Crippen MR) is 336 cm³/mol. The quantitative estimate of drug-likeness (QED) is 0.100. The van der Waals surface area contributed by atoms with Crippen LogP contribution in [0.3, 0.4) is 0 Å². The van der Waals surface area contributed by atoms with Gasteiger partial charge < -0.3 is 60.5 Å². The van der Waals surface area contributed by atoms with Crippen molar-refractivity contribution in [1.29, 1.82) is 0 Å². The molecule has 0 saturated carbocycles. The maximum absolute atomic E-state index is 15.1. The SMILES string of the molecule is C/C=C/C[C@@H](C)[C@@H](O)[C@H]1C(=O)N[C@@H](CC)C(=O)N(C)CC(=O)N(C)[C@@H](CC(C)C)C(=O)N[C@@H](CC(C)C)C(=O)N(C)[C@@H](CC(C)C)C(=O)N[C@@H](C)C(=O)O[C@H](C(C)C)C(=O)N(C)[C@H](CC(C)C)C(=O)N[C@@H](CC(C)C)C(=O)N(C)[C@@H](C(C)C)C(=O)N1C. The van der Waals surface area contributed by atoms with Crippen LogP contribution in [0.4, 0.5) is 0 Å². The zero-order chi connectivity index (χ0) is 67.4. The number of hydrogen-bond acceptors (Lipinski definition) is 13. The third-order valence-corrected chi connectivity index (χ3v) is 16.0. The lowest BCUT2D eigenvalue weighted by molar-refractivity contribution is -0.166. The van der Waals surface area contributed by atoms with Crippen molar-refractivity contribution in [1.82, 2.24) is 50.7 Å². The molecule has 12 atom stereocenters. The summed E-state index contributed by atoms with van der Waals surface area (Å²) in [5.41, 5.74) is 0. The molecule has 1 fully saturated rings. The minimum absolute atomic E-state index is 0.0192. The van der Waals surface area contributed by atoms with Crippen LogP contribution in [-0.2, 0) is 57.5 Å². The van der Waals surface area contributed by atoms with Crippen LogP contribution in [0.2, 0.25) is 0 Å². The van der Waals surface area contributed by atoms with Crippen LogP contribution >= 0.6 is 0 Å². The van der Waals surface area contributed by atoms with Gasteiger partial charge in [-0.2, -0.15) is 0 Å². The largest absolute Gasteiger partial charge is 0.450 e. The third kappa shape index (κ3) is 23.4. The first-order chi connectivity index (χ1) is 40.2. The highest BCUT2D eigenvalue weighted by Gasteiger charge is 2.45. The number of ether oxygens (including phenoxy) is 1. The van der Waals surface area contributed by atoms with Crippen LogP contribution in [0, 0.1) is 47.3 Å². The van der Waals surface area contributed by atoms with Gasteiger partial charge in [-0.05, 0) is 106 Å². The number of esters is 1. The van der Waals surface area contributed by atoms with Crippen molar-refractivity contribution >= 4 is 65.0 Å². The summed E-state index contributed by atoms with van der Waals surface area (Å²) in [6.07, 6.45) is 1.61. The molecule has 1 heterocycles. The van der Waals surface area contributed by atoms with Crippen LogP contribution in [0.15, 0.2) is 12.2 Å². The molecular formula is C64H114N10O13. The zero-order valence-corrected chi connectivity index (χ0v) is 57.3. The number of hydrogen-bond donors (Lipinski definition) is 5. The number of amides is 10. The Kier molecular flexibility index (Phi) is 33.0. The number of cyclic esters (lactones) is 1. The van der Waals surface area contributed by atoms with Gasteiger partial charge in [0.05, 0.1) is 12.6 Å². The van der Waals surface area contributed by atoms with Crippen molar-refractivity contribution in [3.8, 4) is 0 Å². The van der Waals surface area contributed by atoms with Crippen LogP contribution < -0.4 is 21.3 Å². The molecule has 0 aliphatic carbocycles. The number of allylic oxidation sites excluding steroid dienone is 2. The molecule has 1 aliphatic heterocycles. The summed E-state index contributed by atoms with van der Waals surface area (Å²) in [5, 5.41) is 23.3. The highest BCUT2D eigenvalue weighted by atomic mass is 16.6. The predicted octanol–water partition coefficient (Wildman–Crippen LogP) is 4.38. The van der Waals surface area contributed by atoms with Gasteiger partial charge in [0.1, 0.15) is 54.4 Å². The van der Waals surface area contributed by atoms with Crippen molar-refractivity contribution in [2.75, 3.05) is 48.8 Å². The van der Waals surface area contributed by atoms with Crippen molar-refractivity contribution in [3.05, 3.63) is 12.2 Å². The van der Waals surface area contributed by atoms with E-state index in [0.717, 1.165) is 9.80 Å². The van der Waals surface area contributed by atoms with Crippen LogP contribution in [-0.4, -0.2) is 215 Å². The normalized spacial score (nSPS) is 26.5. The molecule has 0 aromatic carbocycles. The second kappa shape index (κ2) is 36.4. The van der Waals surface area contributed by atoms with Gasteiger partial charge >= 0.3 is 5.97 Å². The molecule has 0 aromatic rings. The van der Waals surface area contributed by atoms with Crippen LogP contribution in [0.1, 0.15) is 170 Å². The summed E-state index contributed by atoms with van der Waals surface area (Å²) in [6, 6.07) is -11.4. The average Bonchev–Trinajstić information content (AvgIpc) is 3.59. The van der Waals surface area contributed by atoms with Crippen molar-refractivity contribution in [2.45, 2.75) is 236 Å². The Morgan fingerprint density at radius 2 is 0.874 bits per heavy atom. The van der Waals surface area contributed by atoms with Crippen molar-refractivity contribution in [3.63, 3.8) is 0 Å². The summed E-state index contributed by atoms with van der Waals surface area (Å²) < 4.78 is 5.90. The summed E-state index contributed by atoms with van der Waals surface area (Å²) in [7, 11) is 8.39. The van der Waals surface area contributed by atoms with Gasteiger partial charge in [0.2, 0.25) is 53.2 Å². The standard InChI is InChI=1S/C64H114N10O13/c1-25-27-28-42(17)53(76)52-58(80)66-44(26-2)59(81)69(19)34-50(75)70(20)47(31-37(7)8)56(78)67-45(29-35(3)4)60(82)71(21)48(32-38(9)10)55(77)65-43(18)64(86)87-54(41(15)16)63(85)72(22)49(33-39(11)12)57(79)68-46(30-36(5)6)61(83)73(23)51(40(13)14)62(84)74(52)24/h25,27,35-49,51-54,76H,26,28-34H2,1-24H3,(H,65,77)(H,66,80)(H,67,78)(H,68,79)/b27-25+/t42-,43+,44+,45+,46+,47+,48+,49-,51+,52+,53-,54-/m1/s1. The van der Waals surface area contributed by atoms with E-state index in [2.05, 4.69) is 21.3 Å².